The van der Waals surface area contributed by atoms with Crippen LogP contribution in [0.5, 0.6) is 5.75 Å². The van der Waals surface area contributed by atoms with Crippen LogP contribution in [-0.4, -0.2) is 66.5 Å². The van der Waals surface area contributed by atoms with Crippen LogP contribution in [0.1, 0.15) is 58.5 Å². The van der Waals surface area contributed by atoms with Crippen molar-refractivity contribution in [1.82, 2.24) is 21.3 Å². The van der Waals surface area contributed by atoms with Crippen LogP contribution in [0.15, 0.2) is 103 Å². The summed E-state index contributed by atoms with van der Waals surface area (Å²) in [6, 6.07) is 26.9. The van der Waals surface area contributed by atoms with Crippen LogP contribution in [0.4, 0.5) is 0 Å². The van der Waals surface area contributed by atoms with Crippen molar-refractivity contribution in [3.63, 3.8) is 0 Å². The predicted octanol–water partition coefficient (Wildman–Crippen LogP) is 4.34. The van der Waals surface area contributed by atoms with Gasteiger partial charge in [0.1, 0.15) is 23.4 Å². The Morgan fingerprint density at radius 1 is 0.692 bits per heavy atom. The molecule has 0 unspecified atom stereocenters. The second-order valence-electron chi connectivity index (χ2n) is 13.9. The minimum atomic E-state index is -1.09. The number of carbonyl (C=O) groups excluding carboxylic acids is 5. The third kappa shape index (κ3) is 8.66. The summed E-state index contributed by atoms with van der Waals surface area (Å²) in [6.45, 7) is 4.06. The number of nitrogens with one attached hydrogen (secondary N) is 4. The first-order valence-corrected chi connectivity index (χ1v) is 17.1. The molecule has 1 fully saturated rings. The topological polar surface area (TPSA) is 163 Å². The molecule has 0 aromatic heterocycles. The smallest absolute Gasteiger partial charge is 0.328 e. The summed E-state index contributed by atoms with van der Waals surface area (Å²) in [5, 5.41) is 21.0. The van der Waals surface area contributed by atoms with Crippen LogP contribution in [-0.2, 0) is 32.0 Å². The molecular formula is C41H44N4O7. The number of amides is 4. The second kappa shape index (κ2) is 15.9. The van der Waals surface area contributed by atoms with Gasteiger partial charge in [0.25, 0.3) is 11.8 Å². The molecule has 0 radical (unpaired) electrons. The highest BCUT2D eigenvalue weighted by molar-refractivity contribution is 6.08. The third-order valence-electron chi connectivity index (χ3n) is 9.29. The van der Waals surface area contributed by atoms with Gasteiger partial charge >= 0.3 is 5.97 Å². The van der Waals surface area contributed by atoms with Crippen molar-refractivity contribution in [3.8, 4) is 16.9 Å². The van der Waals surface area contributed by atoms with Gasteiger partial charge in [0, 0.05) is 31.0 Å². The van der Waals surface area contributed by atoms with Crippen molar-refractivity contribution in [2.45, 2.75) is 57.2 Å². The number of hydrogen-bond acceptors (Lipinski definition) is 7. The first-order valence-electron chi connectivity index (χ1n) is 17.1. The summed E-state index contributed by atoms with van der Waals surface area (Å²) >= 11 is 0. The van der Waals surface area contributed by atoms with E-state index >= 15 is 0 Å². The van der Waals surface area contributed by atoms with Gasteiger partial charge in [-0.25, -0.2) is 4.79 Å². The molecule has 0 heterocycles. The first kappa shape index (κ1) is 37.3. The molecule has 0 saturated heterocycles. The van der Waals surface area contributed by atoms with Crippen molar-refractivity contribution in [2.24, 2.45) is 5.41 Å². The van der Waals surface area contributed by atoms with Crippen LogP contribution in [0.2, 0.25) is 0 Å². The monoisotopic (exact) mass is 704 g/mol. The van der Waals surface area contributed by atoms with Gasteiger partial charge in [-0.3, -0.25) is 19.2 Å². The molecule has 5 N–H and O–H groups in total. The second-order valence-corrected chi connectivity index (χ2v) is 13.9. The molecule has 270 valence electrons. The minimum Gasteiger partial charge on any atom is -0.508 e. The molecular weight excluding hydrogens is 660 g/mol. The lowest BCUT2D eigenvalue weighted by atomic mass is 9.58. The lowest BCUT2D eigenvalue weighted by Gasteiger charge is -2.52. The average Bonchev–Trinajstić information content (AvgIpc) is 3.13. The van der Waals surface area contributed by atoms with E-state index in [4.69, 9.17) is 4.74 Å². The summed E-state index contributed by atoms with van der Waals surface area (Å²) in [5.74, 6) is -2.47. The highest BCUT2D eigenvalue weighted by Crippen LogP contribution is 2.48. The Morgan fingerprint density at radius 2 is 1.17 bits per heavy atom. The number of phenols is 1. The number of aromatic hydroxyl groups is 1. The van der Waals surface area contributed by atoms with Crippen molar-refractivity contribution >= 4 is 29.6 Å². The first-order chi connectivity index (χ1) is 24.8. The maximum atomic E-state index is 14.2. The van der Waals surface area contributed by atoms with E-state index in [9.17, 15) is 29.1 Å². The predicted molar refractivity (Wildman–Crippen MR) is 196 cm³/mol. The highest BCUT2D eigenvalue weighted by atomic mass is 16.5. The molecule has 52 heavy (non-hydrogen) atoms. The van der Waals surface area contributed by atoms with Gasteiger partial charge in [0.2, 0.25) is 11.8 Å². The summed E-state index contributed by atoms with van der Waals surface area (Å²) in [7, 11) is 2.77. The van der Waals surface area contributed by atoms with Crippen LogP contribution in [0.3, 0.4) is 0 Å². The lowest BCUT2D eigenvalue weighted by molar-refractivity contribution is -0.143. The molecule has 11 heteroatoms. The summed E-state index contributed by atoms with van der Waals surface area (Å²) < 4.78 is 4.97. The zero-order valence-corrected chi connectivity index (χ0v) is 29.7. The van der Waals surface area contributed by atoms with Crippen molar-refractivity contribution in [3.05, 3.63) is 125 Å². The molecule has 4 aromatic carbocycles. The number of hydrogen-bond donors (Lipinski definition) is 5. The van der Waals surface area contributed by atoms with Crippen molar-refractivity contribution in [2.75, 3.05) is 14.2 Å². The fourth-order valence-corrected chi connectivity index (χ4v) is 7.02. The molecule has 1 aliphatic rings. The summed E-state index contributed by atoms with van der Waals surface area (Å²) in [4.78, 5) is 67.7. The molecule has 0 spiro atoms. The Morgan fingerprint density at radius 3 is 1.69 bits per heavy atom. The summed E-state index contributed by atoms with van der Waals surface area (Å²) in [6.07, 6.45) is 1.18. The quantitative estimate of drug-likeness (QED) is 0.129. The molecule has 1 aliphatic carbocycles. The van der Waals surface area contributed by atoms with Crippen LogP contribution >= 0.6 is 0 Å². The normalized spacial score (nSPS) is 15.2. The minimum absolute atomic E-state index is 0.0706. The van der Waals surface area contributed by atoms with Gasteiger partial charge in [-0.1, -0.05) is 92.7 Å². The van der Waals surface area contributed by atoms with Gasteiger partial charge in [-0.15, -0.1) is 0 Å². The molecule has 5 rings (SSSR count). The lowest BCUT2D eigenvalue weighted by Crippen LogP contribution is -2.69. The van der Waals surface area contributed by atoms with Gasteiger partial charge in [-0.2, -0.15) is 0 Å². The van der Waals surface area contributed by atoms with Crippen LogP contribution in [0.25, 0.3) is 11.1 Å². The van der Waals surface area contributed by atoms with E-state index in [1.165, 1.54) is 26.3 Å². The number of likely N-dealkylation sites (N-methyl/N-ethyl adjacent to an activating group) is 1. The number of methoxy groups -OCH3 is 1. The Balaban J connectivity index is 1.42. The van der Waals surface area contributed by atoms with Crippen LogP contribution in [0, 0.1) is 5.41 Å². The van der Waals surface area contributed by atoms with Gasteiger partial charge in [0.05, 0.1) is 7.11 Å². The maximum absolute atomic E-state index is 14.2. The fourth-order valence-electron chi connectivity index (χ4n) is 7.02. The van der Waals surface area contributed by atoms with Gasteiger partial charge in [-0.05, 0) is 64.8 Å². The van der Waals surface area contributed by atoms with Gasteiger partial charge in [0.15, 0.2) is 0 Å². The molecule has 4 amide bonds. The molecule has 1 saturated carbocycles. The van der Waals surface area contributed by atoms with E-state index < -0.39 is 41.3 Å². The number of rotatable bonds is 13. The van der Waals surface area contributed by atoms with E-state index in [1.54, 1.807) is 60.7 Å². The Hall–Kier alpha value is -5.97. The van der Waals surface area contributed by atoms with Gasteiger partial charge < -0.3 is 31.1 Å². The van der Waals surface area contributed by atoms with E-state index in [-0.39, 0.29) is 41.0 Å². The van der Waals surface area contributed by atoms with E-state index in [1.807, 2.05) is 44.2 Å². The van der Waals surface area contributed by atoms with Crippen LogP contribution < -0.4 is 21.3 Å². The van der Waals surface area contributed by atoms with E-state index in [0.29, 0.717) is 29.5 Å². The molecule has 0 aliphatic heterocycles. The Labute approximate surface area is 303 Å². The standard InChI is InChI=1S/C41H44N4O7/c1-40(2)24-41(25-40,39(51)42-3)45-37(49)33(22-26-12-6-5-7-13-26)43-35(47)31-16-10-8-14-29(31)30-15-9-11-17-32(30)36(48)44-34(38(50)52-4)23-27-18-20-28(46)21-19-27/h5-21,33-34,46H,22-25H2,1-4H3,(H,42,51)(H,43,47)(H,44,48)(H,45,49)/t33-,34-/m0/s1. The summed E-state index contributed by atoms with van der Waals surface area (Å²) in [5.41, 5.74) is 1.56. The van der Waals surface area contributed by atoms with Crippen molar-refractivity contribution in [1.29, 1.82) is 0 Å². The molecule has 0 bridgehead atoms. The highest BCUT2D eigenvalue weighted by Gasteiger charge is 2.55. The Kier molecular flexibility index (Phi) is 11.4. The maximum Gasteiger partial charge on any atom is 0.328 e. The fraction of sp³-hybridized carbons (Fsp3) is 0.293. The molecule has 2 atom stereocenters. The number of ether oxygens (including phenoxy) is 1. The van der Waals surface area contributed by atoms with E-state index in [0.717, 1.165) is 5.56 Å². The zero-order valence-electron chi connectivity index (χ0n) is 29.7. The average molecular weight is 705 g/mol. The molecule has 4 aromatic rings. The largest absolute Gasteiger partial charge is 0.508 e. The number of carbonyl (C=O) groups is 5. The SMILES string of the molecule is CNC(=O)C1(NC(=O)[C@H](Cc2ccccc2)NC(=O)c2ccccc2-c2ccccc2C(=O)N[C@@H](Cc2ccc(O)cc2)C(=O)OC)CC(C)(C)C1. The number of esters is 1. The number of phenolic OH excluding ortho intramolecular Hbond substituents is 1. The Bertz CT molecular complexity index is 1930. The zero-order chi connectivity index (χ0) is 37.5. The third-order valence-corrected chi connectivity index (χ3v) is 9.29. The van der Waals surface area contributed by atoms with E-state index in [2.05, 4.69) is 21.3 Å². The van der Waals surface area contributed by atoms with Crippen molar-refractivity contribution < 1.29 is 33.8 Å². The number of benzene rings is 4. The molecule has 11 nitrogen and oxygen atoms in total.